The number of amides is 1. The molecule has 1 aliphatic carbocycles. The number of rotatable bonds is 7. The molecule has 0 bridgehead atoms. The highest BCUT2D eigenvalue weighted by Gasteiger charge is 2.54. The van der Waals surface area contributed by atoms with E-state index in [-0.39, 0.29) is 34.4 Å². The van der Waals surface area contributed by atoms with E-state index >= 15 is 0 Å². The fraction of sp³-hybridized carbons (Fsp3) is 0.735. The number of hydrogen-bond donors (Lipinski definition) is 1. The van der Waals surface area contributed by atoms with Crippen molar-refractivity contribution in [2.24, 2.45) is 27.7 Å². The number of morpholine rings is 1. The summed E-state index contributed by atoms with van der Waals surface area (Å²) in [6.07, 6.45) is 6.46. The first kappa shape index (κ1) is 31.5. The van der Waals surface area contributed by atoms with Gasteiger partial charge in [0.05, 0.1) is 30.9 Å². The van der Waals surface area contributed by atoms with Crippen molar-refractivity contribution < 1.29 is 19.4 Å². The van der Waals surface area contributed by atoms with E-state index in [0.717, 1.165) is 50.5 Å². The lowest BCUT2D eigenvalue weighted by Crippen LogP contribution is -2.54. The van der Waals surface area contributed by atoms with Crippen molar-refractivity contribution in [3.05, 3.63) is 35.4 Å². The van der Waals surface area contributed by atoms with E-state index in [1.165, 1.54) is 0 Å². The molecule has 1 unspecified atom stereocenters. The first-order chi connectivity index (χ1) is 19.1. The van der Waals surface area contributed by atoms with E-state index in [0.29, 0.717) is 37.4 Å². The van der Waals surface area contributed by atoms with Crippen molar-refractivity contribution in [3.8, 4) is 0 Å². The molecule has 7 nitrogen and oxygen atoms in total. The van der Waals surface area contributed by atoms with Crippen LogP contribution in [0.2, 0.25) is 0 Å². The van der Waals surface area contributed by atoms with Crippen LogP contribution in [0.4, 0.5) is 0 Å². The molecule has 1 spiro atoms. The Hall–Kier alpha value is -2.41. The molecule has 1 amide bonds. The van der Waals surface area contributed by atoms with E-state index in [9.17, 15) is 14.7 Å². The van der Waals surface area contributed by atoms with Gasteiger partial charge in [0.1, 0.15) is 5.66 Å². The smallest absolute Gasteiger partial charge is 0.335 e. The molecule has 2 atom stereocenters. The van der Waals surface area contributed by atoms with Gasteiger partial charge in [-0.15, -0.1) is 0 Å². The van der Waals surface area contributed by atoms with Crippen molar-refractivity contribution in [3.63, 3.8) is 0 Å². The molecule has 2 aliphatic heterocycles. The molecule has 0 radical (unpaired) electrons. The van der Waals surface area contributed by atoms with Gasteiger partial charge in [0.15, 0.2) is 5.84 Å². The van der Waals surface area contributed by atoms with Crippen LogP contribution in [0.1, 0.15) is 122 Å². The summed E-state index contributed by atoms with van der Waals surface area (Å²) < 4.78 is 5.88. The van der Waals surface area contributed by atoms with Crippen LogP contribution in [-0.4, -0.2) is 64.1 Å². The van der Waals surface area contributed by atoms with E-state index in [1.54, 1.807) is 12.1 Å². The standard InChI is InChI=1S/C34H53N3O4/c1-23(2)21-27-22-41-20-19-36(27)29-30(38)37(34(35-29)17-13-26(14-18-34)33(6,7)8)28(15-16-32(3,4)5)24-9-11-25(12-10-24)31(39)40/h9-12,23,26-28H,13-22H2,1-8H3,(H,39,40)/t26?,27?,28-,34?/m1/s1. The molecule has 41 heavy (non-hydrogen) atoms. The predicted octanol–water partition coefficient (Wildman–Crippen LogP) is 7.17. The molecule has 1 saturated carbocycles. The van der Waals surface area contributed by atoms with E-state index < -0.39 is 11.6 Å². The predicted molar refractivity (Wildman–Crippen MR) is 164 cm³/mol. The van der Waals surface area contributed by atoms with Gasteiger partial charge in [-0.2, -0.15) is 0 Å². The molecule has 7 heteroatoms. The lowest BCUT2D eigenvalue weighted by Gasteiger charge is -2.47. The van der Waals surface area contributed by atoms with Crippen LogP contribution in [0.5, 0.6) is 0 Å². The van der Waals surface area contributed by atoms with Gasteiger partial charge < -0.3 is 19.6 Å². The summed E-state index contributed by atoms with van der Waals surface area (Å²) in [5.41, 5.74) is 0.977. The largest absolute Gasteiger partial charge is 0.478 e. The number of ether oxygens (including phenoxy) is 1. The van der Waals surface area contributed by atoms with Crippen LogP contribution >= 0.6 is 0 Å². The minimum absolute atomic E-state index is 0.0242. The highest BCUT2D eigenvalue weighted by Crippen LogP contribution is 2.50. The molecule has 228 valence electrons. The zero-order chi connectivity index (χ0) is 30.2. The molecule has 1 aromatic carbocycles. The van der Waals surface area contributed by atoms with Crippen LogP contribution in [0.25, 0.3) is 0 Å². The molecule has 2 fully saturated rings. The van der Waals surface area contributed by atoms with Crippen molar-refractivity contribution in [1.29, 1.82) is 0 Å². The van der Waals surface area contributed by atoms with Crippen molar-refractivity contribution in [1.82, 2.24) is 9.80 Å². The second-order valence-electron chi connectivity index (χ2n) is 15.3. The molecule has 4 rings (SSSR count). The van der Waals surface area contributed by atoms with Gasteiger partial charge in [-0.3, -0.25) is 4.79 Å². The maximum Gasteiger partial charge on any atom is 0.335 e. The number of carbonyl (C=O) groups is 2. The molecule has 1 aromatic rings. The first-order valence-electron chi connectivity index (χ1n) is 15.7. The molecular formula is C34H53N3O4. The molecule has 0 aromatic heterocycles. The third-order valence-electron chi connectivity index (χ3n) is 9.45. The monoisotopic (exact) mass is 567 g/mol. The Morgan fingerprint density at radius 1 is 1.10 bits per heavy atom. The van der Waals surface area contributed by atoms with Crippen LogP contribution in [0, 0.1) is 22.7 Å². The number of carboxylic acids is 1. The van der Waals surface area contributed by atoms with E-state index in [4.69, 9.17) is 9.73 Å². The Morgan fingerprint density at radius 2 is 1.73 bits per heavy atom. The van der Waals surface area contributed by atoms with E-state index in [1.807, 2.05) is 12.1 Å². The molecule has 2 heterocycles. The maximum absolute atomic E-state index is 14.7. The number of hydrogen-bond acceptors (Lipinski definition) is 5. The summed E-state index contributed by atoms with van der Waals surface area (Å²) >= 11 is 0. The van der Waals surface area contributed by atoms with Crippen LogP contribution < -0.4 is 0 Å². The number of nitrogens with zero attached hydrogens (tertiary/aromatic N) is 3. The van der Waals surface area contributed by atoms with Gasteiger partial charge in [-0.05, 0) is 85.3 Å². The number of amidine groups is 1. The highest BCUT2D eigenvalue weighted by atomic mass is 16.5. The normalized spacial score (nSPS) is 26.6. The summed E-state index contributed by atoms with van der Waals surface area (Å²) in [6.45, 7) is 20.0. The third kappa shape index (κ3) is 7.15. The Kier molecular flexibility index (Phi) is 9.28. The fourth-order valence-corrected chi connectivity index (χ4v) is 7.05. The summed E-state index contributed by atoms with van der Waals surface area (Å²) in [5.74, 6) is 0.767. The zero-order valence-electron chi connectivity index (χ0n) is 26.7. The van der Waals surface area contributed by atoms with Gasteiger partial charge in [-0.25, -0.2) is 9.79 Å². The van der Waals surface area contributed by atoms with Gasteiger partial charge in [0.25, 0.3) is 5.91 Å². The Morgan fingerprint density at radius 3 is 2.27 bits per heavy atom. The first-order valence-corrected chi connectivity index (χ1v) is 15.7. The van der Waals surface area contributed by atoms with Crippen molar-refractivity contribution >= 4 is 17.7 Å². The topological polar surface area (TPSA) is 82.4 Å². The number of carbonyl (C=O) groups excluding carboxylic acids is 1. The highest BCUT2D eigenvalue weighted by molar-refractivity contribution is 6.39. The molecular weight excluding hydrogens is 514 g/mol. The average Bonchev–Trinajstić information content (AvgIpc) is 3.15. The van der Waals surface area contributed by atoms with Crippen LogP contribution in [0.15, 0.2) is 29.3 Å². The molecule has 3 aliphatic rings. The summed E-state index contributed by atoms with van der Waals surface area (Å²) in [5, 5.41) is 9.53. The maximum atomic E-state index is 14.7. The summed E-state index contributed by atoms with van der Waals surface area (Å²) in [4.78, 5) is 36.2. The second-order valence-corrected chi connectivity index (χ2v) is 15.3. The number of aliphatic imine (C=N–C) groups is 1. The second kappa shape index (κ2) is 12.1. The quantitative estimate of drug-likeness (QED) is 0.378. The number of benzene rings is 1. The number of aromatic carboxylic acids is 1. The van der Waals surface area contributed by atoms with Gasteiger partial charge >= 0.3 is 5.97 Å². The minimum atomic E-state index is -0.939. The van der Waals surface area contributed by atoms with Crippen molar-refractivity contribution in [2.75, 3.05) is 19.8 Å². The Balaban J connectivity index is 1.77. The lowest BCUT2D eigenvalue weighted by atomic mass is 9.69. The Bertz CT molecular complexity index is 1100. The SMILES string of the molecule is CC(C)CC1COCCN1C1=NC2(CCC(C(C)(C)C)CC2)N([C@H](CCC(C)(C)C)c2ccc(C(=O)O)cc2)C1=O. The molecule has 1 N–H and O–H groups in total. The minimum Gasteiger partial charge on any atom is -0.478 e. The van der Waals surface area contributed by atoms with Crippen LogP contribution in [-0.2, 0) is 9.53 Å². The summed E-state index contributed by atoms with van der Waals surface area (Å²) in [7, 11) is 0. The Labute approximate surface area is 247 Å². The van der Waals surface area contributed by atoms with Crippen molar-refractivity contribution in [2.45, 2.75) is 118 Å². The average molecular weight is 568 g/mol. The van der Waals surface area contributed by atoms with Gasteiger partial charge in [-0.1, -0.05) is 67.5 Å². The van der Waals surface area contributed by atoms with Crippen LogP contribution in [0.3, 0.4) is 0 Å². The fourth-order valence-electron chi connectivity index (χ4n) is 7.05. The third-order valence-corrected chi connectivity index (χ3v) is 9.45. The van der Waals surface area contributed by atoms with E-state index in [2.05, 4.69) is 65.2 Å². The lowest BCUT2D eigenvalue weighted by molar-refractivity contribution is -0.135. The molecule has 1 saturated heterocycles. The zero-order valence-corrected chi connectivity index (χ0v) is 26.7. The summed E-state index contributed by atoms with van der Waals surface area (Å²) in [6, 6.07) is 7.13. The number of carboxylic acid groups (broad SMARTS) is 1. The van der Waals surface area contributed by atoms with Gasteiger partial charge in [0.2, 0.25) is 0 Å². The van der Waals surface area contributed by atoms with Gasteiger partial charge in [0, 0.05) is 6.54 Å².